The zero-order valence-electron chi connectivity index (χ0n) is 11.9. The van der Waals surface area contributed by atoms with Crippen molar-refractivity contribution in [3.05, 3.63) is 35.9 Å². The van der Waals surface area contributed by atoms with E-state index >= 15 is 0 Å². The molecule has 1 fully saturated rings. The zero-order valence-corrected chi connectivity index (χ0v) is 11.9. The first-order chi connectivity index (χ1) is 9.05. The molecule has 3 nitrogen and oxygen atoms in total. The van der Waals surface area contributed by atoms with Crippen LogP contribution in [0.2, 0.25) is 0 Å². The molecule has 0 saturated carbocycles. The Hall–Kier alpha value is -1.35. The second-order valence-corrected chi connectivity index (χ2v) is 5.96. The number of piperidine rings is 1. The van der Waals surface area contributed by atoms with Gasteiger partial charge in [-0.2, -0.15) is 0 Å². The average Bonchev–Trinajstić information content (AvgIpc) is 2.47. The number of likely N-dealkylation sites (tertiary alicyclic amines) is 1. The van der Waals surface area contributed by atoms with Crippen molar-refractivity contribution in [2.45, 2.75) is 32.1 Å². The lowest BCUT2D eigenvalue weighted by Crippen LogP contribution is -2.47. The lowest BCUT2D eigenvalue weighted by Gasteiger charge is -2.37. The fourth-order valence-electron chi connectivity index (χ4n) is 2.75. The fraction of sp³-hybridized carbons (Fsp3) is 0.562. The van der Waals surface area contributed by atoms with Gasteiger partial charge in [-0.1, -0.05) is 30.3 Å². The Morgan fingerprint density at radius 1 is 1.26 bits per heavy atom. The Balaban J connectivity index is 2.07. The van der Waals surface area contributed by atoms with Crippen molar-refractivity contribution >= 4 is 5.91 Å². The predicted octanol–water partition coefficient (Wildman–Crippen LogP) is 2.16. The highest BCUT2D eigenvalue weighted by molar-refractivity contribution is 5.87. The summed E-state index contributed by atoms with van der Waals surface area (Å²) in [6, 6.07) is 10.0. The molecule has 1 aliphatic heterocycles. The van der Waals surface area contributed by atoms with Gasteiger partial charge in [0.15, 0.2) is 0 Å². The summed E-state index contributed by atoms with van der Waals surface area (Å²) >= 11 is 0. The highest BCUT2D eigenvalue weighted by Gasteiger charge is 2.35. The number of nitrogens with two attached hydrogens (primary N) is 1. The smallest absolute Gasteiger partial charge is 0.232 e. The minimum atomic E-state index is -0.448. The molecule has 104 valence electrons. The number of nitrogens with zero attached hydrogens (tertiary/aromatic N) is 1. The van der Waals surface area contributed by atoms with Gasteiger partial charge in [0.25, 0.3) is 0 Å². The summed E-state index contributed by atoms with van der Waals surface area (Å²) in [5, 5.41) is 0. The van der Waals surface area contributed by atoms with Crippen molar-refractivity contribution in [2.75, 3.05) is 19.6 Å². The van der Waals surface area contributed by atoms with Crippen LogP contribution in [-0.4, -0.2) is 30.4 Å². The monoisotopic (exact) mass is 260 g/mol. The van der Waals surface area contributed by atoms with Crippen LogP contribution in [0.3, 0.4) is 0 Å². The molecule has 1 heterocycles. The molecular weight excluding hydrogens is 236 g/mol. The van der Waals surface area contributed by atoms with E-state index in [0.29, 0.717) is 5.92 Å². The average molecular weight is 260 g/mol. The fourth-order valence-corrected chi connectivity index (χ4v) is 2.75. The Bertz CT molecular complexity index is 420. The minimum Gasteiger partial charge on any atom is -0.342 e. The summed E-state index contributed by atoms with van der Waals surface area (Å²) in [7, 11) is 0. The van der Waals surface area contributed by atoms with Crippen LogP contribution in [0, 0.1) is 5.92 Å². The Morgan fingerprint density at radius 2 is 1.84 bits per heavy atom. The van der Waals surface area contributed by atoms with Gasteiger partial charge in [-0.15, -0.1) is 0 Å². The third kappa shape index (κ3) is 2.98. The molecule has 0 unspecified atom stereocenters. The van der Waals surface area contributed by atoms with E-state index in [1.165, 1.54) is 0 Å². The summed E-state index contributed by atoms with van der Waals surface area (Å²) in [4.78, 5) is 14.7. The van der Waals surface area contributed by atoms with Crippen molar-refractivity contribution in [3.63, 3.8) is 0 Å². The van der Waals surface area contributed by atoms with Gasteiger partial charge in [-0.05, 0) is 44.7 Å². The van der Waals surface area contributed by atoms with Gasteiger partial charge >= 0.3 is 0 Å². The molecular formula is C16H24N2O. The van der Waals surface area contributed by atoms with Crippen molar-refractivity contribution in [3.8, 4) is 0 Å². The summed E-state index contributed by atoms with van der Waals surface area (Å²) in [6.45, 7) is 6.46. The normalized spacial score (nSPS) is 17.5. The zero-order chi connectivity index (χ0) is 13.9. The van der Waals surface area contributed by atoms with E-state index in [-0.39, 0.29) is 5.91 Å². The SMILES string of the molecule is CC(C)(C(=O)N1CCC(CN)CC1)c1ccccc1. The summed E-state index contributed by atoms with van der Waals surface area (Å²) in [5.41, 5.74) is 6.33. The minimum absolute atomic E-state index is 0.231. The molecule has 1 saturated heterocycles. The van der Waals surface area contributed by atoms with E-state index in [4.69, 9.17) is 5.73 Å². The first-order valence-corrected chi connectivity index (χ1v) is 7.10. The Kier molecular flexibility index (Phi) is 4.25. The lowest BCUT2D eigenvalue weighted by atomic mass is 9.82. The number of amides is 1. The number of benzene rings is 1. The highest BCUT2D eigenvalue weighted by atomic mass is 16.2. The quantitative estimate of drug-likeness (QED) is 0.905. The molecule has 0 aliphatic carbocycles. The molecule has 1 aromatic rings. The van der Waals surface area contributed by atoms with Crippen LogP contribution in [0.25, 0.3) is 0 Å². The summed E-state index contributed by atoms with van der Waals surface area (Å²) in [5.74, 6) is 0.818. The third-order valence-electron chi connectivity index (χ3n) is 4.27. The number of hydrogen-bond donors (Lipinski definition) is 1. The van der Waals surface area contributed by atoms with Crippen LogP contribution in [0.1, 0.15) is 32.3 Å². The molecule has 0 radical (unpaired) electrons. The number of carbonyl (C=O) groups is 1. The number of rotatable bonds is 3. The molecule has 0 spiro atoms. The Morgan fingerprint density at radius 3 is 2.37 bits per heavy atom. The van der Waals surface area contributed by atoms with E-state index in [2.05, 4.69) is 0 Å². The lowest BCUT2D eigenvalue weighted by molar-refractivity contribution is -0.137. The largest absolute Gasteiger partial charge is 0.342 e. The van der Waals surface area contributed by atoms with E-state index in [1.807, 2.05) is 49.1 Å². The van der Waals surface area contributed by atoms with Crippen LogP contribution in [-0.2, 0) is 10.2 Å². The second-order valence-electron chi connectivity index (χ2n) is 5.96. The van der Waals surface area contributed by atoms with Gasteiger partial charge in [0.2, 0.25) is 5.91 Å². The van der Waals surface area contributed by atoms with Crippen molar-refractivity contribution in [1.82, 2.24) is 4.90 Å². The van der Waals surface area contributed by atoms with Crippen LogP contribution < -0.4 is 5.73 Å². The maximum Gasteiger partial charge on any atom is 0.232 e. The van der Waals surface area contributed by atoms with Gasteiger partial charge in [0, 0.05) is 13.1 Å². The van der Waals surface area contributed by atoms with Gasteiger partial charge in [-0.25, -0.2) is 0 Å². The van der Waals surface area contributed by atoms with Crippen LogP contribution in [0.5, 0.6) is 0 Å². The molecule has 19 heavy (non-hydrogen) atoms. The van der Waals surface area contributed by atoms with Crippen molar-refractivity contribution in [1.29, 1.82) is 0 Å². The summed E-state index contributed by atoms with van der Waals surface area (Å²) in [6.07, 6.45) is 2.07. The standard InChI is InChI=1S/C16H24N2O/c1-16(2,14-6-4-3-5-7-14)15(19)18-10-8-13(12-17)9-11-18/h3-7,13H,8-12,17H2,1-2H3. The maximum atomic E-state index is 12.7. The van der Waals surface area contributed by atoms with Crippen molar-refractivity contribution in [2.24, 2.45) is 11.7 Å². The maximum absolute atomic E-state index is 12.7. The van der Waals surface area contributed by atoms with Crippen molar-refractivity contribution < 1.29 is 4.79 Å². The topological polar surface area (TPSA) is 46.3 Å². The molecule has 3 heteroatoms. The molecule has 1 amide bonds. The van der Waals surface area contributed by atoms with Crippen LogP contribution >= 0.6 is 0 Å². The Labute approximate surface area is 115 Å². The van der Waals surface area contributed by atoms with E-state index in [0.717, 1.165) is 38.0 Å². The number of carbonyl (C=O) groups excluding carboxylic acids is 1. The van der Waals surface area contributed by atoms with E-state index in [9.17, 15) is 4.79 Å². The molecule has 2 N–H and O–H groups in total. The number of hydrogen-bond acceptors (Lipinski definition) is 2. The molecule has 0 atom stereocenters. The van der Waals surface area contributed by atoms with E-state index in [1.54, 1.807) is 0 Å². The third-order valence-corrected chi connectivity index (χ3v) is 4.27. The van der Waals surface area contributed by atoms with Crippen LogP contribution in [0.4, 0.5) is 0 Å². The molecule has 1 aliphatic rings. The molecule has 0 aromatic heterocycles. The second kappa shape index (κ2) is 5.74. The van der Waals surface area contributed by atoms with E-state index < -0.39 is 5.41 Å². The van der Waals surface area contributed by atoms with Gasteiger partial charge in [0.1, 0.15) is 0 Å². The highest BCUT2D eigenvalue weighted by Crippen LogP contribution is 2.27. The van der Waals surface area contributed by atoms with Gasteiger partial charge < -0.3 is 10.6 Å². The molecule has 0 bridgehead atoms. The first kappa shape index (κ1) is 14.1. The first-order valence-electron chi connectivity index (χ1n) is 7.10. The van der Waals surface area contributed by atoms with Crippen LogP contribution in [0.15, 0.2) is 30.3 Å². The predicted molar refractivity (Wildman–Crippen MR) is 77.8 cm³/mol. The molecule has 1 aromatic carbocycles. The van der Waals surface area contributed by atoms with Gasteiger partial charge in [-0.3, -0.25) is 4.79 Å². The summed E-state index contributed by atoms with van der Waals surface area (Å²) < 4.78 is 0. The molecule has 2 rings (SSSR count). The van der Waals surface area contributed by atoms with Gasteiger partial charge in [0.05, 0.1) is 5.41 Å².